The van der Waals surface area contributed by atoms with Crippen LogP contribution in [0.2, 0.25) is 0 Å². The van der Waals surface area contributed by atoms with Gasteiger partial charge in [0.25, 0.3) is 0 Å². The average molecular weight is 239 g/mol. The van der Waals surface area contributed by atoms with Crippen molar-refractivity contribution in [3.05, 3.63) is 59.2 Å². The molecule has 0 spiro atoms. The van der Waals surface area contributed by atoms with Gasteiger partial charge in [0.15, 0.2) is 0 Å². The van der Waals surface area contributed by atoms with Gasteiger partial charge < -0.3 is 5.73 Å². The molecular weight excluding hydrogens is 222 g/mol. The van der Waals surface area contributed by atoms with E-state index >= 15 is 0 Å². The van der Waals surface area contributed by atoms with Crippen molar-refractivity contribution in [2.75, 3.05) is 6.54 Å². The molecule has 0 fully saturated rings. The zero-order valence-electron chi connectivity index (χ0n) is 10.3. The van der Waals surface area contributed by atoms with E-state index in [0.29, 0.717) is 12.5 Å². The topological polar surface area (TPSA) is 51.8 Å². The first-order valence-corrected chi connectivity index (χ1v) is 6.44. The van der Waals surface area contributed by atoms with Crippen LogP contribution in [0.1, 0.15) is 28.4 Å². The van der Waals surface area contributed by atoms with E-state index in [9.17, 15) is 0 Å². The minimum absolute atomic E-state index is 0.439. The summed E-state index contributed by atoms with van der Waals surface area (Å²) in [5.74, 6) is 1.40. The fraction of sp³-hybridized carbons (Fsp3) is 0.333. The second kappa shape index (κ2) is 4.86. The maximum absolute atomic E-state index is 5.52. The van der Waals surface area contributed by atoms with Gasteiger partial charge in [-0.3, -0.25) is 0 Å². The Hall–Kier alpha value is -1.74. The van der Waals surface area contributed by atoms with Gasteiger partial charge in [-0.05, 0) is 42.5 Å². The molecule has 0 amide bonds. The van der Waals surface area contributed by atoms with Crippen LogP contribution in [0, 0.1) is 0 Å². The van der Waals surface area contributed by atoms with Gasteiger partial charge in [0.2, 0.25) is 0 Å². The van der Waals surface area contributed by atoms with Crippen LogP contribution in [0.25, 0.3) is 0 Å². The van der Waals surface area contributed by atoms with E-state index in [2.05, 4.69) is 34.2 Å². The van der Waals surface area contributed by atoms with Crippen LogP contribution >= 0.6 is 0 Å². The number of aromatic nitrogens is 2. The third-order valence-electron chi connectivity index (χ3n) is 3.57. The highest BCUT2D eigenvalue weighted by Gasteiger charge is 2.24. The lowest BCUT2D eigenvalue weighted by molar-refractivity contribution is 0.678. The Labute approximate surface area is 107 Å². The number of rotatable bonds is 3. The second-order valence-electron chi connectivity index (χ2n) is 4.86. The molecule has 0 aliphatic heterocycles. The van der Waals surface area contributed by atoms with E-state index in [4.69, 9.17) is 5.73 Å². The second-order valence-corrected chi connectivity index (χ2v) is 4.86. The predicted molar refractivity (Wildman–Crippen MR) is 71.4 cm³/mol. The summed E-state index contributed by atoms with van der Waals surface area (Å²) in [6.07, 6.45) is 6.81. The number of hydrogen-bond donors (Lipinski definition) is 1. The fourth-order valence-corrected chi connectivity index (χ4v) is 2.61. The van der Waals surface area contributed by atoms with E-state index in [1.54, 1.807) is 0 Å². The van der Waals surface area contributed by atoms with E-state index in [0.717, 1.165) is 30.7 Å². The molecule has 0 unspecified atom stereocenters. The minimum atomic E-state index is 0.439. The zero-order valence-corrected chi connectivity index (χ0v) is 10.3. The van der Waals surface area contributed by atoms with Gasteiger partial charge in [-0.1, -0.05) is 24.3 Å². The van der Waals surface area contributed by atoms with E-state index < -0.39 is 0 Å². The minimum Gasteiger partial charge on any atom is -0.330 e. The van der Waals surface area contributed by atoms with Gasteiger partial charge in [0.05, 0.1) is 0 Å². The van der Waals surface area contributed by atoms with Crippen molar-refractivity contribution in [3.63, 3.8) is 0 Å². The zero-order chi connectivity index (χ0) is 12.4. The lowest BCUT2D eigenvalue weighted by Gasteiger charge is -2.07. The van der Waals surface area contributed by atoms with Crippen LogP contribution in [0.4, 0.5) is 0 Å². The third kappa shape index (κ3) is 2.14. The molecule has 1 heterocycles. The predicted octanol–water partition coefficient (Wildman–Crippen LogP) is 1.86. The van der Waals surface area contributed by atoms with E-state index in [-0.39, 0.29) is 0 Å². The summed E-state index contributed by atoms with van der Waals surface area (Å²) < 4.78 is 0. The lowest BCUT2D eigenvalue weighted by Crippen LogP contribution is -2.07. The molecule has 0 bridgehead atoms. The van der Waals surface area contributed by atoms with Crippen LogP contribution in [0.3, 0.4) is 0 Å². The lowest BCUT2D eigenvalue weighted by atomic mass is 10.1. The Bertz CT molecular complexity index is 509. The van der Waals surface area contributed by atoms with Crippen LogP contribution in [0.5, 0.6) is 0 Å². The van der Waals surface area contributed by atoms with Gasteiger partial charge >= 0.3 is 0 Å². The molecule has 3 heteroatoms. The summed E-state index contributed by atoms with van der Waals surface area (Å²) >= 11 is 0. The molecule has 1 aromatic heterocycles. The van der Waals surface area contributed by atoms with Crippen molar-refractivity contribution in [3.8, 4) is 0 Å². The van der Waals surface area contributed by atoms with Crippen LogP contribution in [0.15, 0.2) is 36.7 Å². The summed E-state index contributed by atoms with van der Waals surface area (Å²) in [5, 5.41) is 0. The number of nitrogens with zero attached hydrogens (tertiary/aromatic N) is 2. The first-order chi connectivity index (χ1) is 8.86. The summed E-state index contributed by atoms with van der Waals surface area (Å²) in [4.78, 5) is 8.99. The SMILES string of the molecule is NCCc1cnc(C2Cc3ccccc3C2)nc1. The normalized spacial score (nSPS) is 14.7. The maximum Gasteiger partial charge on any atom is 0.131 e. The molecule has 92 valence electrons. The highest BCUT2D eigenvalue weighted by molar-refractivity contribution is 5.35. The number of fused-ring (bicyclic) bond motifs is 1. The summed E-state index contributed by atoms with van der Waals surface area (Å²) in [7, 11) is 0. The fourth-order valence-electron chi connectivity index (χ4n) is 2.61. The van der Waals surface area contributed by atoms with Crippen molar-refractivity contribution >= 4 is 0 Å². The van der Waals surface area contributed by atoms with E-state index in [1.165, 1.54) is 11.1 Å². The van der Waals surface area contributed by atoms with Crippen molar-refractivity contribution in [1.29, 1.82) is 0 Å². The number of nitrogens with two attached hydrogens (primary N) is 1. The molecule has 1 aliphatic carbocycles. The third-order valence-corrected chi connectivity index (χ3v) is 3.57. The van der Waals surface area contributed by atoms with Crippen LogP contribution < -0.4 is 5.73 Å². The summed E-state index contributed by atoms with van der Waals surface area (Å²) in [6.45, 7) is 0.650. The molecule has 0 saturated carbocycles. The highest BCUT2D eigenvalue weighted by Crippen LogP contribution is 2.31. The molecule has 0 atom stereocenters. The highest BCUT2D eigenvalue weighted by atomic mass is 14.9. The molecule has 1 aliphatic rings. The molecule has 0 saturated heterocycles. The summed E-state index contributed by atoms with van der Waals surface area (Å²) in [6, 6.07) is 8.62. The van der Waals surface area contributed by atoms with E-state index in [1.807, 2.05) is 12.4 Å². The quantitative estimate of drug-likeness (QED) is 0.889. The number of hydrogen-bond acceptors (Lipinski definition) is 3. The van der Waals surface area contributed by atoms with Crippen LogP contribution in [-0.4, -0.2) is 16.5 Å². The largest absolute Gasteiger partial charge is 0.330 e. The van der Waals surface area contributed by atoms with Crippen molar-refractivity contribution < 1.29 is 0 Å². The van der Waals surface area contributed by atoms with Crippen molar-refractivity contribution in [2.45, 2.75) is 25.2 Å². The van der Waals surface area contributed by atoms with Gasteiger partial charge in [-0.2, -0.15) is 0 Å². The molecule has 0 radical (unpaired) electrons. The van der Waals surface area contributed by atoms with Gasteiger partial charge in [0, 0.05) is 18.3 Å². The van der Waals surface area contributed by atoms with Crippen molar-refractivity contribution in [2.24, 2.45) is 5.73 Å². The smallest absolute Gasteiger partial charge is 0.131 e. The molecule has 2 aromatic rings. The molecule has 18 heavy (non-hydrogen) atoms. The molecule has 3 rings (SSSR count). The Morgan fingerprint density at radius 3 is 2.22 bits per heavy atom. The Balaban J connectivity index is 1.78. The van der Waals surface area contributed by atoms with Gasteiger partial charge in [-0.15, -0.1) is 0 Å². The van der Waals surface area contributed by atoms with Crippen LogP contribution in [-0.2, 0) is 19.3 Å². The molecular formula is C15H17N3. The van der Waals surface area contributed by atoms with Crippen molar-refractivity contribution in [1.82, 2.24) is 9.97 Å². The summed E-state index contributed by atoms with van der Waals surface area (Å²) in [5.41, 5.74) is 9.53. The Morgan fingerprint density at radius 2 is 1.67 bits per heavy atom. The Kier molecular flexibility index (Phi) is 3.07. The van der Waals surface area contributed by atoms with Gasteiger partial charge in [-0.25, -0.2) is 9.97 Å². The van der Waals surface area contributed by atoms with Gasteiger partial charge in [0.1, 0.15) is 5.82 Å². The first-order valence-electron chi connectivity index (χ1n) is 6.44. The molecule has 2 N–H and O–H groups in total. The number of benzene rings is 1. The maximum atomic E-state index is 5.52. The molecule has 1 aromatic carbocycles. The monoisotopic (exact) mass is 239 g/mol. The first kappa shape index (κ1) is 11.4. The Morgan fingerprint density at radius 1 is 1.06 bits per heavy atom. The standard InChI is InChI=1S/C15H17N3/c16-6-5-11-9-17-15(18-10-11)14-7-12-3-1-2-4-13(12)8-14/h1-4,9-10,14H,5-8,16H2. The molecule has 3 nitrogen and oxygen atoms in total. The average Bonchev–Trinajstić information content (AvgIpc) is 2.84.